The van der Waals surface area contributed by atoms with Crippen LogP contribution in [-0.2, 0) is 16.0 Å². The van der Waals surface area contributed by atoms with E-state index in [1.165, 1.54) is 17.1 Å². The number of rotatable bonds is 6. The van der Waals surface area contributed by atoms with Gasteiger partial charge < -0.3 is 15.2 Å². The minimum absolute atomic E-state index is 0.0794. The molecule has 1 atom stereocenters. The van der Waals surface area contributed by atoms with Crippen molar-refractivity contribution in [1.29, 1.82) is 0 Å². The average Bonchev–Trinajstić information content (AvgIpc) is 2.90. The topological polar surface area (TPSA) is 111 Å². The molecule has 8 heteroatoms. The van der Waals surface area contributed by atoms with Crippen LogP contribution in [0.15, 0.2) is 12.5 Å². The molecule has 24 heavy (non-hydrogen) atoms. The molecule has 1 aromatic rings. The van der Waals surface area contributed by atoms with Gasteiger partial charge in [-0.15, -0.1) is 12.3 Å². The van der Waals surface area contributed by atoms with Gasteiger partial charge in [-0.25, -0.2) is 14.6 Å². The number of carbonyl (C=O) groups is 3. The number of nitrogens with one attached hydrogen (secondary N) is 1. The number of alkyl carbamates (subject to hydrolysis) is 1. The number of aliphatic carboxylic acids is 1. The van der Waals surface area contributed by atoms with E-state index in [1.54, 1.807) is 20.8 Å². The van der Waals surface area contributed by atoms with Crippen molar-refractivity contribution in [2.75, 3.05) is 0 Å². The van der Waals surface area contributed by atoms with Crippen LogP contribution in [0.2, 0.25) is 0 Å². The quantitative estimate of drug-likeness (QED) is 0.761. The number of amides is 1. The average molecular weight is 335 g/mol. The standard InChI is InChI=1S/C16H21N3O5/c1-5-6-7-13(20)19-9-11(17-10-19)8-12(14(21)22)18-15(23)24-16(2,3)4/h1,9-10,12H,6-8H2,2-4H3,(H,18,23)(H,21,22)/t12-/m0/s1. The van der Waals surface area contributed by atoms with E-state index in [1.807, 2.05) is 0 Å². The second-order valence-electron chi connectivity index (χ2n) is 6.11. The third-order valence-electron chi connectivity index (χ3n) is 2.81. The van der Waals surface area contributed by atoms with Crippen molar-refractivity contribution in [2.45, 2.75) is 51.7 Å². The summed E-state index contributed by atoms with van der Waals surface area (Å²) in [5.41, 5.74) is -0.384. The summed E-state index contributed by atoms with van der Waals surface area (Å²) in [5, 5.41) is 11.5. The van der Waals surface area contributed by atoms with Gasteiger partial charge in [-0.3, -0.25) is 9.36 Å². The van der Waals surface area contributed by atoms with Crippen LogP contribution in [0.25, 0.3) is 0 Å². The van der Waals surface area contributed by atoms with Gasteiger partial charge in [0.15, 0.2) is 0 Å². The summed E-state index contributed by atoms with van der Waals surface area (Å²) in [7, 11) is 0. The monoisotopic (exact) mass is 335 g/mol. The zero-order valence-corrected chi connectivity index (χ0v) is 13.9. The first kappa shape index (κ1) is 19.2. The lowest BCUT2D eigenvalue weighted by Gasteiger charge is -2.21. The van der Waals surface area contributed by atoms with Crippen molar-refractivity contribution >= 4 is 18.0 Å². The van der Waals surface area contributed by atoms with E-state index in [0.29, 0.717) is 12.1 Å². The highest BCUT2D eigenvalue weighted by atomic mass is 16.6. The van der Waals surface area contributed by atoms with Crippen molar-refractivity contribution < 1.29 is 24.2 Å². The van der Waals surface area contributed by atoms with E-state index >= 15 is 0 Å². The molecule has 130 valence electrons. The highest BCUT2D eigenvalue weighted by Gasteiger charge is 2.25. The van der Waals surface area contributed by atoms with Crippen molar-refractivity contribution in [3.05, 3.63) is 18.2 Å². The fourth-order valence-electron chi connectivity index (χ4n) is 1.77. The van der Waals surface area contributed by atoms with E-state index in [2.05, 4.69) is 16.2 Å². The van der Waals surface area contributed by atoms with Crippen LogP contribution < -0.4 is 5.32 Å². The number of aromatic nitrogens is 2. The maximum Gasteiger partial charge on any atom is 0.408 e. The normalized spacial score (nSPS) is 12.1. The molecule has 1 rings (SSSR count). The summed E-state index contributed by atoms with van der Waals surface area (Å²) in [5.74, 6) is 0.904. The molecular weight excluding hydrogens is 314 g/mol. The Hall–Kier alpha value is -2.82. The first-order valence-corrected chi connectivity index (χ1v) is 7.34. The SMILES string of the molecule is C#CCCC(=O)n1cnc(C[C@H](NC(=O)OC(C)(C)C)C(=O)O)c1. The molecule has 8 nitrogen and oxygen atoms in total. The number of ether oxygens (including phenoxy) is 1. The predicted molar refractivity (Wildman–Crippen MR) is 85.4 cm³/mol. The first-order chi connectivity index (χ1) is 11.1. The molecule has 1 aromatic heterocycles. The number of nitrogens with zero attached hydrogens (tertiary/aromatic N) is 2. The number of carboxylic acid groups (broad SMARTS) is 1. The zero-order chi connectivity index (χ0) is 18.3. The highest BCUT2D eigenvalue weighted by molar-refractivity contribution is 5.81. The molecule has 1 amide bonds. The Labute approximate surface area is 140 Å². The van der Waals surface area contributed by atoms with Crippen LogP contribution in [0.4, 0.5) is 4.79 Å². The van der Waals surface area contributed by atoms with Gasteiger partial charge in [0.1, 0.15) is 18.0 Å². The van der Waals surface area contributed by atoms with Crippen LogP contribution in [-0.4, -0.2) is 44.3 Å². The minimum atomic E-state index is -1.23. The number of carbonyl (C=O) groups excluding carboxylic acids is 2. The molecule has 0 aliphatic heterocycles. The molecule has 2 N–H and O–H groups in total. The smallest absolute Gasteiger partial charge is 0.408 e. The van der Waals surface area contributed by atoms with Gasteiger partial charge >= 0.3 is 12.1 Å². The Balaban J connectivity index is 2.71. The molecule has 0 unspecified atom stereocenters. The maximum absolute atomic E-state index is 11.8. The lowest BCUT2D eigenvalue weighted by Crippen LogP contribution is -2.44. The fraction of sp³-hybridized carbons (Fsp3) is 0.500. The van der Waals surface area contributed by atoms with Crippen LogP contribution in [0.3, 0.4) is 0 Å². The Morgan fingerprint density at radius 1 is 1.46 bits per heavy atom. The van der Waals surface area contributed by atoms with Crippen LogP contribution in [0.5, 0.6) is 0 Å². The predicted octanol–water partition coefficient (Wildman–Crippen LogP) is 1.46. The number of hydrogen-bond donors (Lipinski definition) is 2. The van der Waals surface area contributed by atoms with E-state index in [-0.39, 0.29) is 18.7 Å². The summed E-state index contributed by atoms with van der Waals surface area (Å²) >= 11 is 0. The van der Waals surface area contributed by atoms with Crippen molar-refractivity contribution in [3.63, 3.8) is 0 Å². The summed E-state index contributed by atoms with van der Waals surface area (Å²) in [6.07, 6.45) is 7.39. The van der Waals surface area contributed by atoms with Gasteiger partial charge in [-0.05, 0) is 20.8 Å². The number of terminal acetylenes is 1. The molecule has 0 bridgehead atoms. The van der Waals surface area contributed by atoms with Gasteiger partial charge in [0.05, 0.1) is 5.69 Å². The molecule has 0 fully saturated rings. The Morgan fingerprint density at radius 2 is 2.12 bits per heavy atom. The maximum atomic E-state index is 11.8. The van der Waals surface area contributed by atoms with E-state index in [4.69, 9.17) is 11.2 Å². The van der Waals surface area contributed by atoms with E-state index in [0.717, 1.165) is 0 Å². The van der Waals surface area contributed by atoms with Gasteiger partial charge in [-0.1, -0.05) is 0 Å². The second kappa shape index (κ2) is 8.15. The molecule has 0 radical (unpaired) electrons. The number of hydrogen-bond acceptors (Lipinski definition) is 5. The minimum Gasteiger partial charge on any atom is -0.480 e. The zero-order valence-electron chi connectivity index (χ0n) is 13.9. The molecule has 0 spiro atoms. The van der Waals surface area contributed by atoms with Crippen LogP contribution in [0.1, 0.15) is 44.1 Å². The van der Waals surface area contributed by atoms with Crippen molar-refractivity contribution in [1.82, 2.24) is 14.9 Å². The van der Waals surface area contributed by atoms with Crippen molar-refractivity contribution in [2.24, 2.45) is 0 Å². The number of carboxylic acids is 1. The Kier molecular flexibility index (Phi) is 6.53. The first-order valence-electron chi connectivity index (χ1n) is 7.34. The van der Waals surface area contributed by atoms with Gasteiger partial charge in [0, 0.05) is 25.5 Å². The lowest BCUT2D eigenvalue weighted by molar-refractivity contribution is -0.139. The van der Waals surface area contributed by atoms with E-state index < -0.39 is 23.7 Å². The summed E-state index contributed by atoms with van der Waals surface area (Å²) in [6, 6.07) is -1.22. The van der Waals surface area contributed by atoms with Gasteiger partial charge in [0.25, 0.3) is 0 Å². The highest BCUT2D eigenvalue weighted by Crippen LogP contribution is 2.08. The summed E-state index contributed by atoms with van der Waals surface area (Å²) in [4.78, 5) is 38.8. The number of imidazole rings is 1. The fourth-order valence-corrected chi connectivity index (χ4v) is 1.77. The largest absolute Gasteiger partial charge is 0.480 e. The molecular formula is C16H21N3O5. The lowest BCUT2D eigenvalue weighted by atomic mass is 10.1. The van der Waals surface area contributed by atoms with Gasteiger partial charge in [0.2, 0.25) is 5.91 Å². The van der Waals surface area contributed by atoms with E-state index in [9.17, 15) is 19.5 Å². The van der Waals surface area contributed by atoms with Crippen molar-refractivity contribution in [3.8, 4) is 12.3 Å². The van der Waals surface area contributed by atoms with Crippen LogP contribution in [0, 0.1) is 12.3 Å². The Bertz CT molecular complexity index is 651. The molecule has 1 heterocycles. The third kappa shape index (κ3) is 6.52. The molecule has 0 aliphatic carbocycles. The van der Waals surface area contributed by atoms with Crippen LogP contribution >= 0.6 is 0 Å². The summed E-state index contributed by atoms with van der Waals surface area (Å²) in [6.45, 7) is 5.02. The molecule has 0 saturated carbocycles. The summed E-state index contributed by atoms with van der Waals surface area (Å²) < 4.78 is 6.28. The molecule has 0 saturated heterocycles. The van der Waals surface area contributed by atoms with Gasteiger partial charge in [-0.2, -0.15) is 0 Å². The third-order valence-corrected chi connectivity index (χ3v) is 2.81. The second-order valence-corrected chi connectivity index (χ2v) is 6.11. The Morgan fingerprint density at radius 3 is 2.67 bits per heavy atom. The molecule has 0 aromatic carbocycles. The molecule has 0 aliphatic rings.